The van der Waals surface area contributed by atoms with E-state index in [4.69, 9.17) is 16.1 Å². The number of aromatic nitrogens is 1. The number of piperidine rings is 1. The Morgan fingerprint density at radius 1 is 1.22 bits per heavy atom. The van der Waals surface area contributed by atoms with Crippen LogP contribution in [0.4, 0.5) is 5.69 Å². The van der Waals surface area contributed by atoms with Crippen LogP contribution in [0.3, 0.4) is 0 Å². The van der Waals surface area contributed by atoms with Crippen LogP contribution in [-0.2, 0) is 0 Å². The van der Waals surface area contributed by atoms with Gasteiger partial charge < -0.3 is 14.7 Å². The van der Waals surface area contributed by atoms with E-state index in [1.165, 1.54) is 0 Å². The Morgan fingerprint density at radius 2 is 1.89 bits per heavy atom. The molecule has 1 saturated heterocycles. The standard InChI is InChI=1S/C20H24ClN3O3/c1-11-6-5-7-12(2)24(11)20(26)16-10-15(21)8-9-17(16)22-19(25)18-13(3)23-27-14(18)4/h8-12H,5-7H2,1-4H3,(H,22,25)/t11-,12+. The van der Waals surface area contributed by atoms with E-state index in [-0.39, 0.29) is 23.9 Å². The van der Waals surface area contributed by atoms with E-state index in [2.05, 4.69) is 24.3 Å². The zero-order valence-electron chi connectivity index (χ0n) is 16.0. The van der Waals surface area contributed by atoms with Gasteiger partial charge in [-0.05, 0) is 65.2 Å². The highest BCUT2D eigenvalue weighted by Crippen LogP contribution is 2.29. The third-order valence-electron chi connectivity index (χ3n) is 5.15. The SMILES string of the molecule is Cc1noc(C)c1C(=O)Nc1ccc(Cl)cc1C(=O)N1[C@H](C)CCC[C@@H]1C. The first-order valence-electron chi connectivity index (χ1n) is 9.16. The van der Waals surface area contributed by atoms with Crippen molar-refractivity contribution in [3.05, 3.63) is 45.8 Å². The van der Waals surface area contributed by atoms with Crippen LogP contribution in [-0.4, -0.2) is 34.0 Å². The highest BCUT2D eigenvalue weighted by molar-refractivity contribution is 6.31. The molecule has 0 radical (unpaired) electrons. The van der Waals surface area contributed by atoms with Crippen molar-refractivity contribution in [3.8, 4) is 0 Å². The second-order valence-electron chi connectivity index (χ2n) is 7.18. The quantitative estimate of drug-likeness (QED) is 0.832. The molecule has 1 aromatic heterocycles. The van der Waals surface area contributed by atoms with Crippen molar-refractivity contribution in [1.29, 1.82) is 0 Å². The number of nitrogens with zero attached hydrogens (tertiary/aromatic N) is 2. The predicted octanol–water partition coefficient (Wildman–Crippen LogP) is 4.60. The van der Waals surface area contributed by atoms with Crippen LogP contribution in [0.1, 0.15) is 65.3 Å². The lowest BCUT2D eigenvalue weighted by molar-refractivity contribution is 0.0512. The first-order valence-corrected chi connectivity index (χ1v) is 9.53. The lowest BCUT2D eigenvalue weighted by Crippen LogP contribution is -2.47. The Morgan fingerprint density at radius 3 is 2.48 bits per heavy atom. The van der Waals surface area contributed by atoms with E-state index in [0.717, 1.165) is 19.3 Å². The van der Waals surface area contributed by atoms with Crippen LogP contribution in [0.15, 0.2) is 22.7 Å². The Bertz CT molecular complexity index is 848. The largest absolute Gasteiger partial charge is 0.361 e. The van der Waals surface area contributed by atoms with E-state index in [1.54, 1.807) is 32.0 Å². The van der Waals surface area contributed by atoms with Crippen LogP contribution < -0.4 is 5.32 Å². The number of halogens is 1. The van der Waals surface area contributed by atoms with Gasteiger partial charge in [0.15, 0.2) is 0 Å². The third kappa shape index (κ3) is 3.86. The second kappa shape index (κ2) is 7.72. The smallest absolute Gasteiger partial charge is 0.261 e. The lowest BCUT2D eigenvalue weighted by atomic mass is 9.96. The fraction of sp³-hybridized carbons (Fsp3) is 0.450. The molecule has 0 bridgehead atoms. The summed E-state index contributed by atoms with van der Waals surface area (Å²) in [6.45, 7) is 7.50. The van der Waals surface area contributed by atoms with Crippen LogP contribution in [0, 0.1) is 13.8 Å². The normalized spacial score (nSPS) is 19.8. The van der Waals surface area contributed by atoms with Gasteiger partial charge in [-0.1, -0.05) is 16.8 Å². The molecule has 27 heavy (non-hydrogen) atoms. The molecule has 2 heterocycles. The van der Waals surface area contributed by atoms with Crippen molar-refractivity contribution >= 4 is 29.1 Å². The highest BCUT2D eigenvalue weighted by atomic mass is 35.5. The molecule has 2 atom stereocenters. The van der Waals surface area contributed by atoms with Crippen LogP contribution >= 0.6 is 11.6 Å². The summed E-state index contributed by atoms with van der Waals surface area (Å²) in [4.78, 5) is 27.9. The summed E-state index contributed by atoms with van der Waals surface area (Å²) in [5, 5.41) is 7.09. The summed E-state index contributed by atoms with van der Waals surface area (Å²) in [5.74, 6) is -0.0428. The minimum absolute atomic E-state index is 0.119. The van der Waals surface area contributed by atoms with E-state index in [0.29, 0.717) is 33.3 Å². The summed E-state index contributed by atoms with van der Waals surface area (Å²) in [7, 11) is 0. The van der Waals surface area contributed by atoms with Gasteiger partial charge in [0.2, 0.25) is 0 Å². The van der Waals surface area contributed by atoms with Gasteiger partial charge in [-0.15, -0.1) is 0 Å². The Labute approximate surface area is 163 Å². The summed E-state index contributed by atoms with van der Waals surface area (Å²) >= 11 is 6.15. The van der Waals surface area contributed by atoms with Crippen LogP contribution in [0.25, 0.3) is 0 Å². The maximum absolute atomic E-state index is 13.3. The van der Waals surface area contributed by atoms with Gasteiger partial charge in [0, 0.05) is 17.1 Å². The van der Waals surface area contributed by atoms with Crippen molar-refractivity contribution in [1.82, 2.24) is 10.1 Å². The predicted molar refractivity (Wildman–Crippen MR) is 104 cm³/mol. The van der Waals surface area contributed by atoms with Gasteiger partial charge in [0.1, 0.15) is 11.3 Å². The van der Waals surface area contributed by atoms with Crippen molar-refractivity contribution in [2.24, 2.45) is 0 Å². The monoisotopic (exact) mass is 389 g/mol. The second-order valence-corrected chi connectivity index (χ2v) is 7.62. The number of hydrogen-bond donors (Lipinski definition) is 1. The van der Waals surface area contributed by atoms with Crippen LogP contribution in [0.2, 0.25) is 5.02 Å². The highest BCUT2D eigenvalue weighted by Gasteiger charge is 2.31. The molecule has 2 amide bonds. The van der Waals surface area contributed by atoms with Gasteiger partial charge in [-0.2, -0.15) is 0 Å². The van der Waals surface area contributed by atoms with Gasteiger partial charge >= 0.3 is 0 Å². The number of anilines is 1. The number of carbonyl (C=O) groups is 2. The van der Waals surface area contributed by atoms with E-state index < -0.39 is 0 Å². The molecule has 1 aromatic carbocycles. The number of benzene rings is 1. The molecule has 3 rings (SSSR count). The maximum atomic E-state index is 13.3. The van der Waals surface area contributed by atoms with E-state index >= 15 is 0 Å². The molecule has 2 aromatic rings. The topological polar surface area (TPSA) is 75.4 Å². The van der Waals surface area contributed by atoms with E-state index in [9.17, 15) is 9.59 Å². The molecule has 1 N–H and O–H groups in total. The number of carbonyl (C=O) groups excluding carboxylic acids is 2. The molecule has 1 aliphatic heterocycles. The number of rotatable bonds is 3. The fourth-order valence-electron chi connectivity index (χ4n) is 3.76. The summed E-state index contributed by atoms with van der Waals surface area (Å²) in [5.41, 5.74) is 1.70. The molecule has 0 aliphatic carbocycles. The molecule has 0 spiro atoms. The first-order chi connectivity index (χ1) is 12.8. The zero-order valence-corrected chi connectivity index (χ0v) is 16.8. The number of nitrogens with one attached hydrogen (secondary N) is 1. The van der Waals surface area contributed by atoms with Crippen molar-refractivity contribution in [3.63, 3.8) is 0 Å². The average molecular weight is 390 g/mol. The molecule has 1 fully saturated rings. The Balaban J connectivity index is 1.94. The minimum Gasteiger partial charge on any atom is -0.361 e. The van der Waals surface area contributed by atoms with Crippen molar-refractivity contribution in [2.75, 3.05) is 5.32 Å². The van der Waals surface area contributed by atoms with E-state index in [1.807, 2.05) is 4.90 Å². The number of aryl methyl sites for hydroxylation is 2. The van der Waals surface area contributed by atoms with Crippen molar-refractivity contribution in [2.45, 2.75) is 59.0 Å². The van der Waals surface area contributed by atoms with Gasteiger partial charge in [-0.3, -0.25) is 9.59 Å². The summed E-state index contributed by atoms with van der Waals surface area (Å²) in [6.07, 6.45) is 3.05. The first kappa shape index (κ1) is 19.4. The Kier molecular flexibility index (Phi) is 5.56. The molecule has 0 unspecified atom stereocenters. The van der Waals surface area contributed by atoms with Crippen molar-refractivity contribution < 1.29 is 14.1 Å². The third-order valence-corrected chi connectivity index (χ3v) is 5.38. The zero-order chi connectivity index (χ0) is 19.7. The van der Waals surface area contributed by atoms with Crippen LogP contribution in [0.5, 0.6) is 0 Å². The summed E-state index contributed by atoms with van der Waals surface area (Å²) < 4.78 is 5.07. The maximum Gasteiger partial charge on any atom is 0.261 e. The molecular formula is C20H24ClN3O3. The molecular weight excluding hydrogens is 366 g/mol. The Hall–Kier alpha value is -2.34. The molecule has 1 aliphatic rings. The number of hydrogen-bond acceptors (Lipinski definition) is 4. The number of likely N-dealkylation sites (tertiary alicyclic amines) is 1. The minimum atomic E-state index is -0.359. The average Bonchev–Trinajstić information content (AvgIpc) is 2.94. The summed E-state index contributed by atoms with van der Waals surface area (Å²) in [6, 6.07) is 5.22. The van der Waals surface area contributed by atoms with Gasteiger partial charge in [0.25, 0.3) is 11.8 Å². The fourth-order valence-corrected chi connectivity index (χ4v) is 3.93. The molecule has 144 valence electrons. The lowest BCUT2D eigenvalue weighted by Gasteiger charge is -2.39. The molecule has 6 nitrogen and oxygen atoms in total. The molecule has 0 saturated carbocycles. The van der Waals surface area contributed by atoms with Gasteiger partial charge in [-0.25, -0.2) is 0 Å². The molecule has 7 heteroatoms. The number of amides is 2. The van der Waals surface area contributed by atoms with Gasteiger partial charge in [0.05, 0.1) is 16.9 Å².